The lowest BCUT2D eigenvalue weighted by Crippen LogP contribution is -2.17. The summed E-state index contributed by atoms with van der Waals surface area (Å²) in [7, 11) is 0. The molecule has 1 aliphatic rings. The zero-order chi connectivity index (χ0) is 51.6. The number of nitrogens with zero attached hydrogens (tertiary/aromatic N) is 3. The fraction of sp³-hybridized carbons (Fsp3) is 0.211. The summed E-state index contributed by atoms with van der Waals surface area (Å²) in [4.78, 5) is 7.47. The number of aryl methyl sites for hydroxylation is 3. The Morgan fingerprint density at radius 3 is 0.973 bits per heavy atom. The predicted octanol–water partition coefficient (Wildman–Crippen LogP) is 21.0. The van der Waals surface area contributed by atoms with E-state index in [1.54, 1.807) is 0 Å². The maximum Gasteiger partial charge on any atom is 0.0620 e. The minimum atomic E-state index is -0.338. The van der Waals surface area contributed by atoms with E-state index in [-0.39, 0.29) is 5.41 Å². The summed E-state index contributed by atoms with van der Waals surface area (Å²) < 4.78 is 0. The standard InChI is InChI=1S/C71H69N3/c1-45(2)51-22-34-55(35-23-51)72(54-28-16-48(7)17-29-54)60-40-41-61-64-43-65-66(44-68(64)71(10,11)67(61)42-60)70(74(57-32-20-50(9)21-33-57)59-38-26-53(27-39-59)47(5)6)63-15-13-12-14-62(63)69(65)73(56-30-18-49(8)19-31-56)58-36-24-52(25-37-58)46(3)4/h12-47H,1-11H3. The van der Waals surface area contributed by atoms with Crippen molar-refractivity contribution in [3.63, 3.8) is 0 Å². The van der Waals surface area contributed by atoms with E-state index in [1.165, 1.54) is 88.6 Å². The third-order valence-electron chi connectivity index (χ3n) is 15.8. The zero-order valence-electron chi connectivity index (χ0n) is 45.1. The van der Waals surface area contributed by atoms with Crippen LogP contribution in [0.15, 0.2) is 200 Å². The van der Waals surface area contributed by atoms with Gasteiger partial charge in [-0.25, -0.2) is 0 Å². The number of fused-ring (bicyclic) bond motifs is 5. The number of benzene rings is 10. The monoisotopic (exact) mass is 964 g/mol. The molecule has 0 saturated heterocycles. The second kappa shape index (κ2) is 19.2. The van der Waals surface area contributed by atoms with E-state index in [9.17, 15) is 0 Å². The lowest BCUT2D eigenvalue weighted by molar-refractivity contribution is 0.661. The van der Waals surface area contributed by atoms with E-state index < -0.39 is 0 Å². The van der Waals surface area contributed by atoms with Crippen molar-refractivity contribution >= 4 is 72.7 Å². The molecule has 368 valence electrons. The minimum absolute atomic E-state index is 0.338. The Labute approximate surface area is 440 Å². The molecule has 0 unspecified atom stereocenters. The molecule has 3 nitrogen and oxygen atoms in total. The van der Waals surface area contributed by atoms with Crippen molar-refractivity contribution in [3.05, 3.63) is 245 Å². The van der Waals surface area contributed by atoms with Gasteiger partial charge in [-0.05, 0) is 175 Å². The first-order valence-corrected chi connectivity index (χ1v) is 26.7. The third-order valence-corrected chi connectivity index (χ3v) is 15.8. The molecule has 3 heteroatoms. The van der Waals surface area contributed by atoms with Gasteiger partial charge in [0.05, 0.1) is 11.4 Å². The topological polar surface area (TPSA) is 9.72 Å². The molecule has 10 aromatic carbocycles. The number of hydrogen-bond acceptors (Lipinski definition) is 3. The van der Waals surface area contributed by atoms with Crippen molar-refractivity contribution in [1.82, 2.24) is 0 Å². The summed E-state index contributed by atoms with van der Waals surface area (Å²) in [5.41, 5.74) is 22.8. The van der Waals surface area contributed by atoms with Gasteiger partial charge >= 0.3 is 0 Å². The van der Waals surface area contributed by atoms with Gasteiger partial charge < -0.3 is 14.7 Å². The Morgan fingerprint density at radius 1 is 0.297 bits per heavy atom. The molecule has 0 aliphatic heterocycles. The van der Waals surface area contributed by atoms with Gasteiger partial charge in [-0.1, -0.05) is 175 Å². The molecule has 0 aromatic heterocycles. The van der Waals surface area contributed by atoms with Crippen LogP contribution in [0.25, 0.3) is 32.7 Å². The molecular formula is C71H69N3. The molecular weight excluding hydrogens is 895 g/mol. The van der Waals surface area contributed by atoms with Crippen molar-refractivity contribution in [1.29, 1.82) is 0 Å². The molecule has 74 heavy (non-hydrogen) atoms. The van der Waals surface area contributed by atoms with E-state index in [4.69, 9.17) is 0 Å². The van der Waals surface area contributed by atoms with Gasteiger partial charge in [0, 0.05) is 66.8 Å². The summed E-state index contributed by atoms with van der Waals surface area (Å²) in [6, 6.07) is 76.2. The largest absolute Gasteiger partial charge is 0.310 e. The molecule has 0 amide bonds. The molecule has 11 rings (SSSR count). The quantitative estimate of drug-likeness (QED) is 0.0892. The van der Waals surface area contributed by atoms with E-state index in [1.807, 2.05) is 0 Å². The second-order valence-electron chi connectivity index (χ2n) is 22.3. The van der Waals surface area contributed by atoms with Gasteiger partial charge in [0.15, 0.2) is 0 Å². The molecule has 0 bridgehead atoms. The van der Waals surface area contributed by atoms with Crippen LogP contribution in [-0.2, 0) is 5.41 Å². The maximum absolute atomic E-state index is 2.57. The average Bonchev–Trinajstić information content (AvgIpc) is 3.62. The molecule has 0 atom stereocenters. The van der Waals surface area contributed by atoms with E-state index in [0.717, 1.165) is 39.8 Å². The average molecular weight is 964 g/mol. The van der Waals surface area contributed by atoms with Gasteiger partial charge in [0.25, 0.3) is 0 Å². The van der Waals surface area contributed by atoms with Crippen molar-refractivity contribution in [2.75, 3.05) is 14.7 Å². The van der Waals surface area contributed by atoms with Gasteiger partial charge in [-0.3, -0.25) is 0 Å². The number of anilines is 9. The van der Waals surface area contributed by atoms with Crippen LogP contribution >= 0.6 is 0 Å². The predicted molar refractivity (Wildman–Crippen MR) is 320 cm³/mol. The highest BCUT2D eigenvalue weighted by Gasteiger charge is 2.38. The van der Waals surface area contributed by atoms with E-state index >= 15 is 0 Å². The fourth-order valence-corrected chi connectivity index (χ4v) is 11.3. The van der Waals surface area contributed by atoms with Crippen LogP contribution in [0.1, 0.15) is 118 Å². The lowest BCUT2D eigenvalue weighted by Gasteiger charge is -2.34. The maximum atomic E-state index is 2.57. The first-order chi connectivity index (χ1) is 35.7. The third kappa shape index (κ3) is 8.62. The van der Waals surface area contributed by atoms with Gasteiger partial charge in [-0.2, -0.15) is 0 Å². The first kappa shape index (κ1) is 48.4. The van der Waals surface area contributed by atoms with Gasteiger partial charge in [0.2, 0.25) is 0 Å². The highest BCUT2D eigenvalue weighted by atomic mass is 15.2. The Morgan fingerprint density at radius 2 is 0.608 bits per heavy atom. The summed E-state index contributed by atoms with van der Waals surface area (Å²) in [6.45, 7) is 25.0. The molecule has 0 heterocycles. The highest BCUT2D eigenvalue weighted by Crippen LogP contribution is 2.57. The molecule has 0 saturated carbocycles. The van der Waals surface area contributed by atoms with Crippen LogP contribution < -0.4 is 14.7 Å². The minimum Gasteiger partial charge on any atom is -0.310 e. The normalized spacial score (nSPS) is 12.7. The summed E-state index contributed by atoms with van der Waals surface area (Å²) >= 11 is 0. The van der Waals surface area contributed by atoms with Crippen LogP contribution in [0.2, 0.25) is 0 Å². The van der Waals surface area contributed by atoms with Crippen LogP contribution in [0.3, 0.4) is 0 Å². The number of rotatable bonds is 12. The Balaban J connectivity index is 1.22. The van der Waals surface area contributed by atoms with Crippen LogP contribution in [0.4, 0.5) is 51.2 Å². The van der Waals surface area contributed by atoms with Crippen molar-refractivity contribution in [2.24, 2.45) is 0 Å². The van der Waals surface area contributed by atoms with Crippen molar-refractivity contribution < 1.29 is 0 Å². The van der Waals surface area contributed by atoms with E-state index in [2.05, 4.69) is 291 Å². The molecule has 0 radical (unpaired) electrons. The Bertz CT molecular complexity index is 3660. The molecule has 1 aliphatic carbocycles. The molecule has 0 N–H and O–H groups in total. The van der Waals surface area contributed by atoms with Gasteiger partial charge in [-0.15, -0.1) is 0 Å². The van der Waals surface area contributed by atoms with Gasteiger partial charge in [0.1, 0.15) is 0 Å². The molecule has 10 aromatic rings. The molecule has 0 spiro atoms. The fourth-order valence-electron chi connectivity index (χ4n) is 11.3. The highest BCUT2D eigenvalue weighted by molar-refractivity contribution is 6.24. The van der Waals surface area contributed by atoms with Crippen LogP contribution in [-0.4, -0.2) is 0 Å². The number of hydrogen-bond donors (Lipinski definition) is 0. The SMILES string of the molecule is Cc1ccc(N(c2ccc(C(C)C)cc2)c2ccc3c(c2)C(C)(C)c2cc4c(N(c5ccc(C)cc5)c5ccc(C(C)C)cc5)c5ccccc5c(N(c5ccc(C)cc5)c5ccc(C(C)C)cc5)c4cc2-3)cc1. The van der Waals surface area contributed by atoms with Crippen molar-refractivity contribution in [2.45, 2.75) is 99.3 Å². The Hall–Kier alpha value is -7.88. The van der Waals surface area contributed by atoms with Crippen molar-refractivity contribution in [3.8, 4) is 11.1 Å². The smallest absolute Gasteiger partial charge is 0.0620 e. The summed E-state index contributed by atoms with van der Waals surface area (Å²) in [5, 5.41) is 4.77. The molecule has 0 fully saturated rings. The summed E-state index contributed by atoms with van der Waals surface area (Å²) in [5.74, 6) is 1.29. The zero-order valence-corrected chi connectivity index (χ0v) is 45.1. The first-order valence-electron chi connectivity index (χ1n) is 26.7. The summed E-state index contributed by atoms with van der Waals surface area (Å²) in [6.07, 6.45) is 0. The second-order valence-corrected chi connectivity index (χ2v) is 22.3. The van der Waals surface area contributed by atoms with Crippen LogP contribution in [0.5, 0.6) is 0 Å². The van der Waals surface area contributed by atoms with E-state index in [0.29, 0.717) is 17.8 Å². The van der Waals surface area contributed by atoms with Crippen LogP contribution in [0, 0.1) is 20.8 Å². The Kier molecular flexibility index (Phi) is 12.5. The lowest BCUT2D eigenvalue weighted by atomic mass is 9.81.